The number of anilines is 1. The molecule has 0 aliphatic heterocycles. The van der Waals surface area contributed by atoms with Crippen LogP contribution < -0.4 is 10.9 Å². The molecule has 0 spiro atoms. The highest BCUT2D eigenvalue weighted by Crippen LogP contribution is 2.31. The van der Waals surface area contributed by atoms with Crippen LogP contribution in [0.2, 0.25) is 5.02 Å². The Bertz CT molecular complexity index is 1390. The maximum atomic E-state index is 13.6. The van der Waals surface area contributed by atoms with E-state index in [1.807, 2.05) is 19.9 Å². The SMILES string of the molecule is CCNc1ncc2cc(-c3ccc(-c4cncc(C)n4)cc3Cl)c(=O)n(CC[C@H](O)CO)c2n1. The number of pyridine rings is 1. The molecule has 0 saturated carbocycles. The van der Waals surface area contributed by atoms with Crippen LogP contribution in [0, 0.1) is 6.92 Å². The van der Waals surface area contributed by atoms with Gasteiger partial charge in [-0.05, 0) is 32.4 Å². The molecular weight excluding hydrogens is 456 g/mol. The van der Waals surface area contributed by atoms with Crippen molar-refractivity contribution in [3.8, 4) is 22.4 Å². The second-order valence-corrected chi connectivity index (χ2v) is 8.29. The third kappa shape index (κ3) is 4.91. The molecule has 0 saturated heterocycles. The number of aliphatic hydroxyl groups excluding tert-OH is 2. The van der Waals surface area contributed by atoms with E-state index in [2.05, 4.69) is 25.3 Å². The number of hydrogen-bond donors (Lipinski definition) is 3. The van der Waals surface area contributed by atoms with Crippen LogP contribution in [-0.2, 0) is 6.54 Å². The molecule has 0 bridgehead atoms. The third-order valence-electron chi connectivity index (χ3n) is 5.37. The quantitative estimate of drug-likeness (QED) is 0.351. The summed E-state index contributed by atoms with van der Waals surface area (Å²) >= 11 is 6.63. The molecule has 0 radical (unpaired) electrons. The van der Waals surface area contributed by atoms with Gasteiger partial charge in [0.25, 0.3) is 5.56 Å². The lowest BCUT2D eigenvalue weighted by Gasteiger charge is -2.15. The summed E-state index contributed by atoms with van der Waals surface area (Å²) in [6.07, 6.45) is 4.22. The predicted molar refractivity (Wildman–Crippen MR) is 132 cm³/mol. The van der Waals surface area contributed by atoms with Gasteiger partial charge in [0.1, 0.15) is 5.65 Å². The largest absolute Gasteiger partial charge is 0.394 e. The van der Waals surface area contributed by atoms with Crippen molar-refractivity contribution in [3.05, 3.63) is 63.9 Å². The first-order valence-electron chi connectivity index (χ1n) is 10.9. The molecule has 0 aliphatic carbocycles. The van der Waals surface area contributed by atoms with Crippen LogP contribution in [-0.4, -0.2) is 54.0 Å². The average Bonchev–Trinajstić information content (AvgIpc) is 2.83. The topological polar surface area (TPSA) is 126 Å². The number of halogens is 1. The van der Waals surface area contributed by atoms with E-state index >= 15 is 0 Å². The number of hydrogen-bond acceptors (Lipinski definition) is 8. The Morgan fingerprint density at radius 2 is 1.97 bits per heavy atom. The van der Waals surface area contributed by atoms with Crippen LogP contribution in [0.1, 0.15) is 19.0 Å². The zero-order valence-electron chi connectivity index (χ0n) is 18.9. The van der Waals surface area contributed by atoms with Crippen LogP contribution in [0.3, 0.4) is 0 Å². The van der Waals surface area contributed by atoms with Gasteiger partial charge in [0, 0.05) is 52.6 Å². The third-order valence-corrected chi connectivity index (χ3v) is 5.68. The van der Waals surface area contributed by atoms with Crippen molar-refractivity contribution in [2.45, 2.75) is 32.9 Å². The van der Waals surface area contributed by atoms with E-state index in [9.17, 15) is 15.0 Å². The van der Waals surface area contributed by atoms with E-state index in [1.165, 1.54) is 4.57 Å². The summed E-state index contributed by atoms with van der Waals surface area (Å²) in [5, 5.41) is 23.2. The normalized spacial score (nSPS) is 12.1. The van der Waals surface area contributed by atoms with Gasteiger partial charge in [-0.2, -0.15) is 4.98 Å². The van der Waals surface area contributed by atoms with Gasteiger partial charge in [0.15, 0.2) is 0 Å². The fraction of sp³-hybridized carbons (Fsp3) is 0.292. The molecule has 34 heavy (non-hydrogen) atoms. The van der Waals surface area contributed by atoms with Crippen LogP contribution in [0.5, 0.6) is 0 Å². The number of aliphatic hydroxyl groups is 2. The number of aryl methyl sites for hydroxylation is 2. The molecule has 0 unspecified atom stereocenters. The van der Waals surface area contributed by atoms with Crippen molar-refractivity contribution >= 4 is 28.6 Å². The lowest BCUT2D eigenvalue weighted by Crippen LogP contribution is -2.26. The first kappa shape index (κ1) is 23.7. The van der Waals surface area contributed by atoms with Crippen molar-refractivity contribution in [2.75, 3.05) is 18.5 Å². The molecule has 9 nitrogen and oxygen atoms in total. The summed E-state index contributed by atoms with van der Waals surface area (Å²) in [4.78, 5) is 31.0. The van der Waals surface area contributed by atoms with E-state index in [4.69, 9.17) is 11.6 Å². The van der Waals surface area contributed by atoms with Gasteiger partial charge in [-0.1, -0.05) is 23.7 Å². The van der Waals surface area contributed by atoms with Crippen LogP contribution >= 0.6 is 11.6 Å². The van der Waals surface area contributed by atoms with Gasteiger partial charge < -0.3 is 15.5 Å². The Kier molecular flexibility index (Phi) is 7.16. The van der Waals surface area contributed by atoms with Crippen LogP contribution in [0.25, 0.3) is 33.4 Å². The van der Waals surface area contributed by atoms with Crippen molar-refractivity contribution in [3.63, 3.8) is 0 Å². The van der Waals surface area contributed by atoms with Crippen LogP contribution in [0.15, 0.2) is 47.7 Å². The Morgan fingerprint density at radius 3 is 2.68 bits per heavy atom. The predicted octanol–water partition coefficient (Wildman–Crippen LogP) is 3.05. The highest BCUT2D eigenvalue weighted by atomic mass is 35.5. The number of fused-ring (bicyclic) bond motifs is 1. The molecule has 0 aliphatic rings. The summed E-state index contributed by atoms with van der Waals surface area (Å²) in [5.74, 6) is 0.403. The number of aromatic nitrogens is 5. The van der Waals surface area contributed by atoms with Crippen molar-refractivity contribution in [1.82, 2.24) is 24.5 Å². The number of nitrogens with one attached hydrogen (secondary N) is 1. The summed E-state index contributed by atoms with van der Waals surface area (Å²) < 4.78 is 1.49. The van der Waals surface area contributed by atoms with Crippen LogP contribution in [0.4, 0.5) is 5.95 Å². The van der Waals surface area contributed by atoms with E-state index in [-0.39, 0.29) is 25.1 Å². The smallest absolute Gasteiger partial charge is 0.260 e. The monoisotopic (exact) mass is 480 g/mol. The van der Waals surface area contributed by atoms with Gasteiger partial charge in [0.2, 0.25) is 5.95 Å². The molecule has 4 rings (SSSR count). The van der Waals surface area contributed by atoms with E-state index in [0.29, 0.717) is 45.4 Å². The molecule has 4 aromatic rings. The molecule has 0 fully saturated rings. The molecule has 3 heterocycles. The number of benzene rings is 1. The molecule has 3 N–H and O–H groups in total. The first-order chi connectivity index (χ1) is 16.4. The summed E-state index contributed by atoms with van der Waals surface area (Å²) in [5.41, 5.74) is 3.35. The maximum absolute atomic E-state index is 13.6. The Hall–Kier alpha value is -3.40. The minimum atomic E-state index is -0.945. The minimum absolute atomic E-state index is 0.169. The summed E-state index contributed by atoms with van der Waals surface area (Å²) in [6.45, 7) is 4.20. The number of nitrogens with zero attached hydrogens (tertiary/aromatic N) is 5. The molecule has 3 aromatic heterocycles. The lowest BCUT2D eigenvalue weighted by molar-refractivity contribution is 0.0847. The van der Waals surface area contributed by atoms with Crippen molar-refractivity contribution in [1.29, 1.82) is 0 Å². The minimum Gasteiger partial charge on any atom is -0.394 e. The van der Waals surface area contributed by atoms with Crippen molar-refractivity contribution in [2.24, 2.45) is 0 Å². The molecule has 176 valence electrons. The fourth-order valence-electron chi connectivity index (χ4n) is 3.67. The van der Waals surface area contributed by atoms with Gasteiger partial charge >= 0.3 is 0 Å². The molecule has 1 atom stereocenters. The van der Waals surface area contributed by atoms with E-state index in [1.54, 1.807) is 36.8 Å². The number of rotatable bonds is 8. The zero-order valence-corrected chi connectivity index (χ0v) is 19.6. The van der Waals surface area contributed by atoms with Gasteiger partial charge in [-0.15, -0.1) is 0 Å². The molecular formula is C24H25ClN6O3. The van der Waals surface area contributed by atoms with E-state index < -0.39 is 6.10 Å². The highest BCUT2D eigenvalue weighted by Gasteiger charge is 2.17. The van der Waals surface area contributed by atoms with Gasteiger partial charge in [0.05, 0.1) is 30.3 Å². The maximum Gasteiger partial charge on any atom is 0.260 e. The molecule has 1 aromatic carbocycles. The second kappa shape index (κ2) is 10.3. The fourth-order valence-corrected chi connectivity index (χ4v) is 3.95. The van der Waals surface area contributed by atoms with Gasteiger partial charge in [-0.3, -0.25) is 14.3 Å². The average molecular weight is 481 g/mol. The second-order valence-electron chi connectivity index (χ2n) is 7.88. The Balaban J connectivity index is 1.84. The first-order valence-corrected chi connectivity index (χ1v) is 11.3. The molecule has 0 amide bonds. The summed E-state index contributed by atoms with van der Waals surface area (Å²) in [6, 6.07) is 7.11. The van der Waals surface area contributed by atoms with Crippen molar-refractivity contribution < 1.29 is 10.2 Å². The Morgan fingerprint density at radius 1 is 1.15 bits per heavy atom. The lowest BCUT2D eigenvalue weighted by atomic mass is 10.0. The highest BCUT2D eigenvalue weighted by molar-refractivity contribution is 6.33. The standard InChI is InChI=1S/C24H25ClN6O3/c1-3-27-24-28-11-16-8-19(23(34)31(22(16)30-24)7-6-17(33)13-32)18-5-4-15(9-20(18)25)21-12-26-10-14(2)29-21/h4-5,8-12,17,32-33H,3,6-7,13H2,1-2H3,(H,27,28,30)/t17-/m0/s1. The van der Waals surface area contributed by atoms with E-state index in [0.717, 1.165) is 11.3 Å². The molecule has 10 heteroatoms. The summed E-state index contributed by atoms with van der Waals surface area (Å²) in [7, 11) is 0. The Labute approximate surface area is 201 Å². The van der Waals surface area contributed by atoms with Gasteiger partial charge in [-0.25, -0.2) is 9.97 Å². The zero-order chi connectivity index (χ0) is 24.2.